The molecule has 2 rings (SSSR count). The van der Waals surface area contributed by atoms with Gasteiger partial charge in [-0.15, -0.1) is 0 Å². The third kappa shape index (κ3) is 3.69. The number of halogens is 2. The van der Waals surface area contributed by atoms with Crippen molar-refractivity contribution in [3.63, 3.8) is 0 Å². The zero-order valence-corrected chi connectivity index (χ0v) is 10.5. The third-order valence-corrected chi connectivity index (χ3v) is 2.52. The first kappa shape index (κ1) is 13.4. The third-order valence-electron chi connectivity index (χ3n) is 2.31. The molecule has 2 aromatic rings. The summed E-state index contributed by atoms with van der Waals surface area (Å²) < 4.78 is 19.8. The number of aromatic nitrogens is 2. The smallest absolute Gasteiger partial charge is 0.338 e. The first-order valence-corrected chi connectivity index (χ1v) is 5.77. The molecule has 1 aromatic carbocycles. The van der Waals surface area contributed by atoms with E-state index in [1.165, 1.54) is 35.3 Å². The number of hydrogen-bond donors (Lipinski definition) is 1. The topological polar surface area (TPSA) is 64.3 Å². The van der Waals surface area contributed by atoms with Crippen LogP contribution in [0.2, 0.25) is 5.02 Å². The van der Waals surface area contributed by atoms with Crippen LogP contribution < -0.4 is 4.74 Å². The minimum Gasteiger partial charge on any atom is -0.492 e. The van der Waals surface area contributed by atoms with E-state index in [9.17, 15) is 9.18 Å². The van der Waals surface area contributed by atoms with E-state index < -0.39 is 11.8 Å². The fourth-order valence-corrected chi connectivity index (χ4v) is 1.68. The summed E-state index contributed by atoms with van der Waals surface area (Å²) in [5.41, 5.74) is 0.105. The van der Waals surface area contributed by atoms with E-state index in [0.29, 0.717) is 12.3 Å². The monoisotopic (exact) mass is 284 g/mol. The Morgan fingerprint density at radius 2 is 2.26 bits per heavy atom. The molecule has 0 saturated carbocycles. The SMILES string of the molecule is O=C(O)c1cnn(CCOc2cc(F)cc(Cl)c2)c1. The van der Waals surface area contributed by atoms with Crippen molar-refractivity contribution >= 4 is 17.6 Å². The molecule has 5 nitrogen and oxygen atoms in total. The van der Waals surface area contributed by atoms with E-state index in [-0.39, 0.29) is 17.2 Å². The number of rotatable bonds is 5. The van der Waals surface area contributed by atoms with Gasteiger partial charge in [-0.1, -0.05) is 11.6 Å². The van der Waals surface area contributed by atoms with E-state index in [1.807, 2.05) is 0 Å². The number of carboxylic acids is 1. The van der Waals surface area contributed by atoms with Crippen molar-refractivity contribution in [2.45, 2.75) is 6.54 Å². The summed E-state index contributed by atoms with van der Waals surface area (Å²) in [7, 11) is 0. The lowest BCUT2D eigenvalue weighted by atomic mass is 10.3. The molecule has 0 saturated heterocycles. The first-order chi connectivity index (χ1) is 9.04. The number of aromatic carboxylic acids is 1. The number of nitrogens with zero attached hydrogens (tertiary/aromatic N) is 2. The standard InChI is InChI=1S/C12H10ClFN2O3/c13-9-3-10(14)5-11(4-9)19-2-1-16-7-8(6-15-16)12(17)18/h3-7H,1-2H2,(H,17,18). The van der Waals surface area contributed by atoms with Crippen LogP contribution in [0.15, 0.2) is 30.6 Å². The van der Waals surface area contributed by atoms with Crippen LogP contribution in [0, 0.1) is 5.82 Å². The highest BCUT2D eigenvalue weighted by Gasteiger charge is 2.06. The van der Waals surface area contributed by atoms with Crippen LogP contribution in [0.25, 0.3) is 0 Å². The number of hydrogen-bond acceptors (Lipinski definition) is 3. The van der Waals surface area contributed by atoms with Gasteiger partial charge in [-0.05, 0) is 12.1 Å². The Hall–Kier alpha value is -2.08. The molecule has 7 heteroatoms. The van der Waals surface area contributed by atoms with Crippen LogP contribution in [0.4, 0.5) is 4.39 Å². The van der Waals surface area contributed by atoms with Gasteiger partial charge < -0.3 is 9.84 Å². The van der Waals surface area contributed by atoms with Gasteiger partial charge in [0, 0.05) is 17.3 Å². The molecule has 1 heterocycles. The molecule has 0 spiro atoms. The predicted octanol–water partition coefficient (Wildman–Crippen LogP) is 2.45. The first-order valence-electron chi connectivity index (χ1n) is 5.39. The zero-order valence-electron chi connectivity index (χ0n) is 9.72. The molecule has 0 amide bonds. The second kappa shape index (κ2) is 5.71. The van der Waals surface area contributed by atoms with Crippen molar-refractivity contribution in [1.82, 2.24) is 9.78 Å². The summed E-state index contributed by atoms with van der Waals surface area (Å²) in [4.78, 5) is 10.6. The van der Waals surface area contributed by atoms with Crippen molar-refractivity contribution in [3.05, 3.63) is 47.0 Å². The summed E-state index contributed by atoms with van der Waals surface area (Å²) in [6, 6.07) is 3.90. The lowest BCUT2D eigenvalue weighted by molar-refractivity contribution is 0.0696. The number of ether oxygens (including phenoxy) is 1. The van der Waals surface area contributed by atoms with Crippen molar-refractivity contribution in [2.24, 2.45) is 0 Å². The molecule has 0 aliphatic carbocycles. The van der Waals surface area contributed by atoms with Gasteiger partial charge in [0.15, 0.2) is 0 Å². The molecular weight excluding hydrogens is 275 g/mol. The van der Waals surface area contributed by atoms with Gasteiger partial charge >= 0.3 is 5.97 Å². The van der Waals surface area contributed by atoms with Gasteiger partial charge in [-0.2, -0.15) is 5.10 Å². The van der Waals surface area contributed by atoms with Crippen molar-refractivity contribution in [3.8, 4) is 5.75 Å². The highest BCUT2D eigenvalue weighted by atomic mass is 35.5. The minimum atomic E-state index is -1.04. The number of carbonyl (C=O) groups is 1. The molecule has 0 fully saturated rings. The van der Waals surface area contributed by atoms with Gasteiger partial charge in [0.25, 0.3) is 0 Å². The van der Waals surface area contributed by atoms with Crippen LogP contribution in [0.5, 0.6) is 5.75 Å². The van der Waals surface area contributed by atoms with Gasteiger partial charge in [0.1, 0.15) is 18.2 Å². The Bertz CT molecular complexity index is 580. The van der Waals surface area contributed by atoms with Crippen LogP contribution in [-0.4, -0.2) is 27.5 Å². The molecule has 19 heavy (non-hydrogen) atoms. The molecule has 0 unspecified atom stereocenters. The van der Waals surface area contributed by atoms with Gasteiger partial charge in [0.2, 0.25) is 0 Å². The number of benzene rings is 1. The van der Waals surface area contributed by atoms with Gasteiger partial charge in [0.05, 0.1) is 18.3 Å². The second-order valence-corrected chi connectivity index (χ2v) is 4.19. The summed E-state index contributed by atoms with van der Waals surface area (Å²) in [5.74, 6) is -1.20. The molecule has 0 bridgehead atoms. The fourth-order valence-electron chi connectivity index (χ4n) is 1.47. The number of carboxylic acid groups (broad SMARTS) is 1. The quantitative estimate of drug-likeness (QED) is 0.916. The Morgan fingerprint density at radius 1 is 1.47 bits per heavy atom. The Morgan fingerprint density at radius 3 is 2.89 bits per heavy atom. The average Bonchev–Trinajstić information content (AvgIpc) is 2.76. The van der Waals surface area contributed by atoms with Crippen LogP contribution in [0.3, 0.4) is 0 Å². The summed E-state index contributed by atoms with van der Waals surface area (Å²) in [6.07, 6.45) is 2.64. The van der Waals surface area contributed by atoms with Gasteiger partial charge in [-0.3, -0.25) is 4.68 Å². The normalized spacial score (nSPS) is 10.4. The maximum absolute atomic E-state index is 13.0. The highest BCUT2D eigenvalue weighted by Crippen LogP contribution is 2.19. The molecule has 100 valence electrons. The lowest BCUT2D eigenvalue weighted by Crippen LogP contribution is -2.08. The minimum absolute atomic E-state index is 0.105. The van der Waals surface area contributed by atoms with E-state index in [0.717, 1.165) is 0 Å². The Kier molecular flexibility index (Phi) is 4.01. The average molecular weight is 285 g/mol. The maximum Gasteiger partial charge on any atom is 0.338 e. The van der Waals surface area contributed by atoms with Crippen LogP contribution in [0.1, 0.15) is 10.4 Å². The zero-order chi connectivity index (χ0) is 13.8. The molecule has 0 radical (unpaired) electrons. The summed E-state index contributed by atoms with van der Waals surface area (Å²) in [6.45, 7) is 0.571. The summed E-state index contributed by atoms with van der Waals surface area (Å²) in [5, 5.41) is 12.8. The van der Waals surface area contributed by atoms with Crippen LogP contribution >= 0.6 is 11.6 Å². The molecular formula is C12H10ClFN2O3. The Labute approximate surface area is 113 Å². The highest BCUT2D eigenvalue weighted by molar-refractivity contribution is 6.30. The van der Waals surface area contributed by atoms with E-state index >= 15 is 0 Å². The fraction of sp³-hybridized carbons (Fsp3) is 0.167. The Balaban J connectivity index is 1.90. The largest absolute Gasteiger partial charge is 0.492 e. The van der Waals surface area contributed by atoms with E-state index in [4.69, 9.17) is 21.4 Å². The van der Waals surface area contributed by atoms with E-state index in [1.54, 1.807) is 0 Å². The molecule has 0 atom stereocenters. The molecule has 0 aliphatic heterocycles. The van der Waals surface area contributed by atoms with Crippen molar-refractivity contribution in [2.75, 3.05) is 6.61 Å². The second-order valence-electron chi connectivity index (χ2n) is 3.75. The van der Waals surface area contributed by atoms with Gasteiger partial charge in [-0.25, -0.2) is 9.18 Å². The van der Waals surface area contributed by atoms with Crippen molar-refractivity contribution < 1.29 is 19.0 Å². The molecule has 1 N–H and O–H groups in total. The van der Waals surface area contributed by atoms with Crippen molar-refractivity contribution in [1.29, 1.82) is 0 Å². The van der Waals surface area contributed by atoms with Crippen LogP contribution in [-0.2, 0) is 6.54 Å². The predicted molar refractivity (Wildman–Crippen MR) is 66.1 cm³/mol. The maximum atomic E-state index is 13.0. The van der Waals surface area contributed by atoms with E-state index in [2.05, 4.69) is 5.10 Å². The summed E-state index contributed by atoms with van der Waals surface area (Å²) >= 11 is 5.68. The molecule has 1 aromatic heterocycles. The molecule has 0 aliphatic rings. The lowest BCUT2D eigenvalue weighted by Gasteiger charge is -2.06.